The Morgan fingerprint density at radius 3 is 2.36 bits per heavy atom. The Kier molecular flexibility index (Phi) is 8.00. The summed E-state index contributed by atoms with van der Waals surface area (Å²) >= 11 is 0. The van der Waals surface area contributed by atoms with Crippen LogP contribution >= 0.6 is 0 Å². The number of hydrogen-bond donors (Lipinski definition) is 2. The fraction of sp³-hybridized carbons (Fsp3) is 0.304. The summed E-state index contributed by atoms with van der Waals surface area (Å²) in [5.41, 5.74) is 15.5. The standard InChI is InChI=1S/C23H32N2/c1-8-12-13-18-14-17(6)20(15-22(18)25-7)23(16(5)9-2)19(10-3)21(24)11-4/h8,11-15,25H,1,4,9-10,24H2,2-3,5-7H3/b13-12-,21-19+,23-16+. The molecule has 134 valence electrons. The fourth-order valence-electron chi connectivity index (χ4n) is 3.00. The maximum Gasteiger partial charge on any atom is 0.0417 e. The van der Waals surface area contributed by atoms with Gasteiger partial charge in [-0.1, -0.05) is 50.8 Å². The highest BCUT2D eigenvalue weighted by atomic mass is 14.8. The van der Waals surface area contributed by atoms with Crippen molar-refractivity contribution < 1.29 is 0 Å². The molecule has 0 saturated heterocycles. The van der Waals surface area contributed by atoms with Crippen molar-refractivity contribution in [2.75, 3.05) is 12.4 Å². The lowest BCUT2D eigenvalue weighted by Gasteiger charge is -2.21. The van der Waals surface area contributed by atoms with Gasteiger partial charge in [0.05, 0.1) is 0 Å². The summed E-state index contributed by atoms with van der Waals surface area (Å²) in [6, 6.07) is 4.43. The molecule has 0 aliphatic carbocycles. The normalized spacial score (nSPS) is 13.3. The Hall–Kier alpha value is -2.48. The summed E-state index contributed by atoms with van der Waals surface area (Å²) < 4.78 is 0. The Morgan fingerprint density at radius 1 is 1.20 bits per heavy atom. The molecule has 2 nitrogen and oxygen atoms in total. The van der Waals surface area contributed by atoms with Gasteiger partial charge in [0.25, 0.3) is 0 Å². The fourth-order valence-corrected chi connectivity index (χ4v) is 3.00. The van der Waals surface area contributed by atoms with Gasteiger partial charge in [0.1, 0.15) is 0 Å². The zero-order valence-corrected chi connectivity index (χ0v) is 16.4. The lowest BCUT2D eigenvalue weighted by atomic mass is 9.86. The van der Waals surface area contributed by atoms with Gasteiger partial charge in [0.2, 0.25) is 0 Å². The van der Waals surface area contributed by atoms with Crippen molar-refractivity contribution in [2.24, 2.45) is 5.73 Å². The third-order valence-electron chi connectivity index (χ3n) is 4.53. The second kappa shape index (κ2) is 9.73. The number of benzene rings is 1. The number of nitrogens with one attached hydrogen (secondary N) is 1. The molecule has 0 radical (unpaired) electrons. The first-order chi connectivity index (χ1) is 11.9. The minimum Gasteiger partial charge on any atom is -0.399 e. The number of aryl methyl sites for hydroxylation is 1. The summed E-state index contributed by atoms with van der Waals surface area (Å²) in [6.45, 7) is 16.3. The number of allylic oxidation sites excluding steroid dienone is 6. The molecule has 0 unspecified atom stereocenters. The Balaban J connectivity index is 3.76. The van der Waals surface area contributed by atoms with Crippen LogP contribution in [0.2, 0.25) is 0 Å². The molecule has 0 fully saturated rings. The van der Waals surface area contributed by atoms with Gasteiger partial charge in [-0.15, -0.1) is 0 Å². The largest absolute Gasteiger partial charge is 0.399 e. The number of nitrogens with two attached hydrogens (primary N) is 1. The van der Waals surface area contributed by atoms with Crippen molar-refractivity contribution in [2.45, 2.75) is 40.5 Å². The molecule has 0 aromatic heterocycles. The van der Waals surface area contributed by atoms with E-state index in [1.54, 1.807) is 12.2 Å². The summed E-state index contributed by atoms with van der Waals surface area (Å²) in [6.07, 6.45) is 9.42. The predicted molar refractivity (Wildman–Crippen MR) is 115 cm³/mol. The quantitative estimate of drug-likeness (QED) is 0.552. The van der Waals surface area contributed by atoms with Crippen LogP contribution in [0, 0.1) is 6.92 Å². The molecule has 0 saturated carbocycles. The van der Waals surface area contributed by atoms with Crippen molar-refractivity contribution >= 4 is 17.3 Å². The first kappa shape index (κ1) is 20.6. The highest BCUT2D eigenvalue weighted by Crippen LogP contribution is 2.36. The van der Waals surface area contributed by atoms with Gasteiger partial charge < -0.3 is 11.1 Å². The smallest absolute Gasteiger partial charge is 0.0417 e. The first-order valence-electron chi connectivity index (χ1n) is 8.88. The van der Waals surface area contributed by atoms with Crippen LogP contribution in [0.25, 0.3) is 11.6 Å². The van der Waals surface area contributed by atoms with E-state index in [9.17, 15) is 0 Å². The maximum atomic E-state index is 6.26. The van der Waals surface area contributed by atoms with Gasteiger partial charge >= 0.3 is 0 Å². The molecule has 0 aliphatic heterocycles. The van der Waals surface area contributed by atoms with Crippen molar-refractivity contribution in [1.82, 2.24) is 0 Å². The van der Waals surface area contributed by atoms with E-state index in [1.165, 1.54) is 22.3 Å². The van der Waals surface area contributed by atoms with Gasteiger partial charge in [-0.2, -0.15) is 0 Å². The summed E-state index contributed by atoms with van der Waals surface area (Å²) in [5, 5.41) is 3.31. The third-order valence-corrected chi connectivity index (χ3v) is 4.53. The van der Waals surface area contributed by atoms with E-state index < -0.39 is 0 Å². The van der Waals surface area contributed by atoms with E-state index in [2.05, 4.69) is 64.4 Å². The van der Waals surface area contributed by atoms with E-state index in [0.717, 1.165) is 35.4 Å². The van der Waals surface area contributed by atoms with Gasteiger partial charge in [0, 0.05) is 18.4 Å². The molecular formula is C23H32N2. The van der Waals surface area contributed by atoms with Crippen LogP contribution in [0.3, 0.4) is 0 Å². The Labute approximate surface area is 153 Å². The van der Waals surface area contributed by atoms with E-state index in [1.807, 2.05) is 13.1 Å². The molecule has 0 amide bonds. The van der Waals surface area contributed by atoms with Crippen molar-refractivity contribution in [3.63, 3.8) is 0 Å². The Morgan fingerprint density at radius 2 is 1.88 bits per heavy atom. The highest BCUT2D eigenvalue weighted by Gasteiger charge is 2.16. The minimum absolute atomic E-state index is 0.756. The molecule has 2 heteroatoms. The van der Waals surface area contributed by atoms with Crippen LogP contribution in [-0.4, -0.2) is 7.05 Å². The van der Waals surface area contributed by atoms with Crippen LogP contribution in [0.5, 0.6) is 0 Å². The van der Waals surface area contributed by atoms with E-state index in [-0.39, 0.29) is 0 Å². The summed E-state index contributed by atoms with van der Waals surface area (Å²) in [5.74, 6) is 0. The average Bonchev–Trinajstić information content (AvgIpc) is 2.63. The molecular weight excluding hydrogens is 304 g/mol. The van der Waals surface area contributed by atoms with Gasteiger partial charge in [0.15, 0.2) is 0 Å². The van der Waals surface area contributed by atoms with Crippen LogP contribution in [0.1, 0.15) is 50.3 Å². The first-order valence-corrected chi connectivity index (χ1v) is 8.88. The number of anilines is 1. The van der Waals surface area contributed by atoms with Gasteiger partial charge in [-0.05, 0) is 72.7 Å². The number of rotatable bonds is 8. The molecule has 1 aromatic rings. The maximum absolute atomic E-state index is 6.26. The molecule has 1 aromatic carbocycles. The molecule has 1 rings (SSSR count). The average molecular weight is 337 g/mol. The number of hydrogen-bond acceptors (Lipinski definition) is 2. The zero-order chi connectivity index (χ0) is 19.0. The van der Waals surface area contributed by atoms with E-state index >= 15 is 0 Å². The summed E-state index contributed by atoms with van der Waals surface area (Å²) in [4.78, 5) is 0. The molecule has 0 spiro atoms. The van der Waals surface area contributed by atoms with Crippen LogP contribution < -0.4 is 11.1 Å². The monoisotopic (exact) mass is 336 g/mol. The molecule has 25 heavy (non-hydrogen) atoms. The van der Waals surface area contributed by atoms with Crippen LogP contribution in [0.15, 0.2) is 60.4 Å². The van der Waals surface area contributed by atoms with Gasteiger partial charge in [-0.3, -0.25) is 0 Å². The second-order valence-electron chi connectivity index (χ2n) is 6.10. The lowest BCUT2D eigenvalue weighted by molar-refractivity contribution is 1.06. The topological polar surface area (TPSA) is 38.0 Å². The molecule has 0 aliphatic rings. The zero-order valence-electron chi connectivity index (χ0n) is 16.4. The van der Waals surface area contributed by atoms with Crippen LogP contribution in [0.4, 0.5) is 5.69 Å². The van der Waals surface area contributed by atoms with Crippen molar-refractivity contribution in [3.8, 4) is 0 Å². The molecule has 0 bridgehead atoms. The van der Waals surface area contributed by atoms with E-state index in [4.69, 9.17) is 5.73 Å². The van der Waals surface area contributed by atoms with Crippen molar-refractivity contribution in [3.05, 3.63) is 77.1 Å². The lowest BCUT2D eigenvalue weighted by Crippen LogP contribution is -2.05. The molecule has 0 atom stereocenters. The van der Waals surface area contributed by atoms with E-state index in [0.29, 0.717) is 0 Å². The SMILES string of the molecule is C=C/C=C\c1cc(C)c(C(=C(\C)CC)/C(CC)=C(/N)C=C)cc1NC. The summed E-state index contributed by atoms with van der Waals surface area (Å²) in [7, 11) is 1.95. The Bertz CT molecular complexity index is 731. The minimum atomic E-state index is 0.756. The van der Waals surface area contributed by atoms with Crippen molar-refractivity contribution in [1.29, 1.82) is 0 Å². The van der Waals surface area contributed by atoms with Crippen LogP contribution in [-0.2, 0) is 0 Å². The highest BCUT2D eigenvalue weighted by molar-refractivity contribution is 5.86. The third kappa shape index (κ3) is 4.76. The molecule has 3 N–H and O–H groups in total. The van der Waals surface area contributed by atoms with Gasteiger partial charge in [-0.25, -0.2) is 0 Å². The second-order valence-corrected chi connectivity index (χ2v) is 6.10. The molecule has 0 heterocycles. The predicted octanol–water partition coefficient (Wildman–Crippen LogP) is 6.23.